The van der Waals surface area contributed by atoms with Crippen molar-refractivity contribution in [2.45, 2.75) is 25.6 Å². The maximum Gasteiger partial charge on any atom is 0.138 e. The van der Waals surface area contributed by atoms with E-state index in [2.05, 4.69) is 58.5 Å². The van der Waals surface area contributed by atoms with E-state index >= 15 is 0 Å². The molecule has 0 radical (unpaired) electrons. The van der Waals surface area contributed by atoms with Crippen LogP contribution in [0.15, 0.2) is 60.9 Å². The molecule has 0 aliphatic heterocycles. The number of pyridine rings is 1. The van der Waals surface area contributed by atoms with E-state index in [9.17, 15) is 0 Å². The zero-order valence-electron chi connectivity index (χ0n) is 17.3. The van der Waals surface area contributed by atoms with Gasteiger partial charge in [0.2, 0.25) is 0 Å². The van der Waals surface area contributed by atoms with E-state index in [1.165, 1.54) is 11.1 Å². The van der Waals surface area contributed by atoms with Crippen molar-refractivity contribution in [3.63, 3.8) is 0 Å². The lowest BCUT2D eigenvalue weighted by atomic mass is 10.0. The summed E-state index contributed by atoms with van der Waals surface area (Å²) in [5.74, 6) is 2.54. The molecule has 3 N–H and O–H groups in total. The first-order valence-electron chi connectivity index (χ1n) is 10.0. The molecule has 0 amide bonds. The smallest absolute Gasteiger partial charge is 0.138 e. The van der Waals surface area contributed by atoms with E-state index in [4.69, 9.17) is 10.5 Å². The molecular weight excluding hydrogens is 392 g/mol. The summed E-state index contributed by atoms with van der Waals surface area (Å²) in [6.45, 7) is 4.59. The third-order valence-corrected chi connectivity index (χ3v) is 6.18. The van der Waals surface area contributed by atoms with Crippen molar-refractivity contribution in [2.24, 2.45) is 5.73 Å². The maximum atomic E-state index is 6.25. The van der Waals surface area contributed by atoms with Gasteiger partial charge in [0.05, 0.1) is 11.7 Å². The second-order valence-corrected chi connectivity index (χ2v) is 8.59. The Morgan fingerprint density at radius 2 is 1.87 bits per heavy atom. The Labute approximate surface area is 181 Å². The van der Waals surface area contributed by atoms with Crippen molar-refractivity contribution < 1.29 is 4.74 Å². The molecule has 1 unspecified atom stereocenters. The van der Waals surface area contributed by atoms with Crippen LogP contribution in [0.4, 0.5) is 0 Å². The second-order valence-electron chi connectivity index (χ2n) is 7.56. The Morgan fingerprint density at radius 3 is 2.70 bits per heavy atom. The van der Waals surface area contributed by atoms with Crippen LogP contribution in [-0.4, -0.2) is 33.6 Å². The van der Waals surface area contributed by atoms with Crippen LogP contribution in [0.3, 0.4) is 0 Å². The molecule has 1 atom stereocenters. The maximum absolute atomic E-state index is 6.25. The fraction of sp³-hybridized carbons (Fsp3) is 0.250. The van der Waals surface area contributed by atoms with Gasteiger partial charge in [-0.1, -0.05) is 35.9 Å². The molecule has 4 aromatic rings. The number of nitrogens with zero attached hydrogens (tertiary/aromatic N) is 2. The first-order valence-corrected chi connectivity index (χ1v) is 11.2. The first-order chi connectivity index (χ1) is 14.6. The number of ether oxygens (including phenoxy) is 1. The number of fused-ring (bicyclic) bond motifs is 1. The standard InChI is InChI=1S/C24H26N4OS/c1-16-3-5-18(6-4-16)14-30-15-21(25)13-29-22-9-20(11-26-12-22)19-7-8-24-23(10-19)17(2)27-28-24/h3-12,21H,13-15,25H2,1-2H3,(H,27,28). The molecule has 2 heterocycles. The van der Waals surface area contributed by atoms with E-state index in [0.29, 0.717) is 6.61 Å². The number of benzene rings is 2. The predicted molar refractivity (Wildman–Crippen MR) is 125 cm³/mol. The lowest BCUT2D eigenvalue weighted by Crippen LogP contribution is -2.30. The number of aryl methyl sites for hydroxylation is 2. The summed E-state index contributed by atoms with van der Waals surface area (Å²) < 4.78 is 5.93. The van der Waals surface area contributed by atoms with Crippen molar-refractivity contribution in [2.75, 3.05) is 12.4 Å². The Kier molecular flexibility index (Phi) is 6.35. The molecule has 4 rings (SSSR count). The summed E-state index contributed by atoms with van der Waals surface area (Å²) in [4.78, 5) is 4.34. The van der Waals surface area contributed by atoms with Crippen LogP contribution in [0.1, 0.15) is 16.8 Å². The SMILES string of the molecule is Cc1ccc(CSCC(N)COc2cncc(-c3ccc4n[nH]c(C)c4c3)c2)cc1. The summed E-state index contributed by atoms with van der Waals surface area (Å²) in [7, 11) is 0. The number of hydrogen-bond donors (Lipinski definition) is 2. The molecule has 0 bridgehead atoms. The highest BCUT2D eigenvalue weighted by molar-refractivity contribution is 7.98. The number of aromatic nitrogens is 3. The normalized spacial score (nSPS) is 12.2. The van der Waals surface area contributed by atoms with Gasteiger partial charge in [-0.05, 0) is 43.2 Å². The molecule has 30 heavy (non-hydrogen) atoms. The third-order valence-electron chi connectivity index (χ3n) is 4.98. The largest absolute Gasteiger partial charge is 0.490 e. The topological polar surface area (TPSA) is 76.8 Å². The summed E-state index contributed by atoms with van der Waals surface area (Å²) in [6.07, 6.45) is 3.58. The van der Waals surface area contributed by atoms with Crippen molar-refractivity contribution in [3.8, 4) is 16.9 Å². The average molecular weight is 419 g/mol. The third kappa shape index (κ3) is 5.01. The van der Waals surface area contributed by atoms with Crippen LogP contribution in [0, 0.1) is 13.8 Å². The van der Waals surface area contributed by atoms with Gasteiger partial charge in [0.25, 0.3) is 0 Å². The number of nitrogens with one attached hydrogen (secondary N) is 1. The van der Waals surface area contributed by atoms with Crippen LogP contribution < -0.4 is 10.5 Å². The van der Waals surface area contributed by atoms with Crippen molar-refractivity contribution in [3.05, 3.63) is 77.7 Å². The Morgan fingerprint density at radius 1 is 1.03 bits per heavy atom. The first kappa shape index (κ1) is 20.4. The molecule has 0 spiro atoms. The summed E-state index contributed by atoms with van der Waals surface area (Å²) in [5.41, 5.74) is 13.0. The van der Waals surface area contributed by atoms with E-state index in [1.807, 2.05) is 37.0 Å². The van der Waals surface area contributed by atoms with Gasteiger partial charge in [0.1, 0.15) is 12.4 Å². The number of aromatic amines is 1. The van der Waals surface area contributed by atoms with Gasteiger partial charge in [-0.3, -0.25) is 10.1 Å². The molecular formula is C24H26N4OS. The highest BCUT2D eigenvalue weighted by Crippen LogP contribution is 2.27. The molecule has 0 aliphatic carbocycles. The zero-order valence-corrected chi connectivity index (χ0v) is 18.1. The quantitative estimate of drug-likeness (QED) is 0.426. The van der Waals surface area contributed by atoms with Gasteiger partial charge in [0.15, 0.2) is 0 Å². The van der Waals surface area contributed by atoms with Crippen LogP contribution in [0.25, 0.3) is 22.0 Å². The van der Waals surface area contributed by atoms with Gasteiger partial charge in [-0.25, -0.2) is 0 Å². The van der Waals surface area contributed by atoms with Crippen molar-refractivity contribution in [1.82, 2.24) is 15.2 Å². The fourth-order valence-electron chi connectivity index (χ4n) is 3.24. The molecule has 2 aromatic carbocycles. The van der Waals surface area contributed by atoms with Gasteiger partial charge in [-0.15, -0.1) is 0 Å². The Hall–Kier alpha value is -2.83. The number of nitrogens with two attached hydrogens (primary N) is 1. The minimum Gasteiger partial charge on any atom is -0.490 e. The summed E-state index contributed by atoms with van der Waals surface area (Å²) in [6, 6.07) is 16.8. The van der Waals surface area contributed by atoms with Gasteiger partial charge in [-0.2, -0.15) is 16.9 Å². The van der Waals surface area contributed by atoms with E-state index in [1.54, 1.807) is 6.20 Å². The van der Waals surface area contributed by atoms with Crippen molar-refractivity contribution in [1.29, 1.82) is 0 Å². The highest BCUT2D eigenvalue weighted by Gasteiger charge is 2.08. The average Bonchev–Trinajstić information content (AvgIpc) is 3.14. The molecule has 0 saturated carbocycles. The molecule has 0 aliphatic rings. The van der Waals surface area contributed by atoms with E-state index in [-0.39, 0.29) is 6.04 Å². The molecule has 2 aromatic heterocycles. The van der Waals surface area contributed by atoms with Crippen LogP contribution >= 0.6 is 11.8 Å². The van der Waals surface area contributed by atoms with Gasteiger partial charge < -0.3 is 10.5 Å². The minimum absolute atomic E-state index is 0.0333. The monoisotopic (exact) mass is 418 g/mol. The van der Waals surface area contributed by atoms with Crippen molar-refractivity contribution >= 4 is 22.7 Å². The number of hydrogen-bond acceptors (Lipinski definition) is 5. The lowest BCUT2D eigenvalue weighted by Gasteiger charge is -2.13. The highest BCUT2D eigenvalue weighted by atomic mass is 32.2. The predicted octanol–water partition coefficient (Wildman–Crippen LogP) is 4.88. The van der Waals surface area contributed by atoms with E-state index in [0.717, 1.165) is 45.0 Å². The Bertz CT molecular complexity index is 1120. The Balaban J connectivity index is 1.32. The minimum atomic E-state index is -0.0333. The number of rotatable bonds is 8. The fourth-order valence-corrected chi connectivity index (χ4v) is 4.18. The number of H-pyrrole nitrogens is 1. The molecule has 0 fully saturated rings. The van der Waals surface area contributed by atoms with Crippen LogP contribution in [-0.2, 0) is 5.75 Å². The molecule has 6 heteroatoms. The van der Waals surface area contributed by atoms with Crippen LogP contribution in [0.5, 0.6) is 5.75 Å². The van der Waals surface area contributed by atoms with Crippen LogP contribution in [0.2, 0.25) is 0 Å². The van der Waals surface area contributed by atoms with Gasteiger partial charge >= 0.3 is 0 Å². The van der Waals surface area contributed by atoms with E-state index < -0.39 is 0 Å². The summed E-state index contributed by atoms with van der Waals surface area (Å²) >= 11 is 1.83. The summed E-state index contributed by atoms with van der Waals surface area (Å²) in [5, 5.41) is 8.43. The number of thioether (sulfide) groups is 1. The zero-order chi connectivity index (χ0) is 20.9. The van der Waals surface area contributed by atoms with Gasteiger partial charge in [0, 0.05) is 40.4 Å². The second kappa shape index (κ2) is 9.32. The molecule has 0 saturated heterocycles. The molecule has 5 nitrogen and oxygen atoms in total. The lowest BCUT2D eigenvalue weighted by molar-refractivity contribution is 0.297. The molecule has 154 valence electrons.